The Morgan fingerprint density at radius 3 is 2.52 bits per heavy atom. The number of aryl methyl sites for hydroxylation is 2. The van der Waals surface area contributed by atoms with Gasteiger partial charge in [0.1, 0.15) is 5.54 Å². The van der Waals surface area contributed by atoms with E-state index in [-0.39, 0.29) is 5.97 Å². The summed E-state index contributed by atoms with van der Waals surface area (Å²) < 4.78 is 4.94. The smallest absolute Gasteiger partial charge is 0.330 e. The van der Waals surface area contributed by atoms with Crippen LogP contribution in [-0.4, -0.2) is 26.2 Å². The normalized spacial score (nSPS) is 13.1. The first kappa shape index (κ1) is 17.0. The van der Waals surface area contributed by atoms with E-state index in [2.05, 4.69) is 21.4 Å². The molecular weight excluding hydrogens is 268 g/mol. The van der Waals surface area contributed by atoms with Gasteiger partial charge in [-0.05, 0) is 44.8 Å². The van der Waals surface area contributed by atoms with Gasteiger partial charge in [0, 0.05) is 11.5 Å². The molecule has 0 saturated carbocycles. The molecule has 0 aliphatic rings. The van der Waals surface area contributed by atoms with E-state index in [1.54, 1.807) is 6.92 Å². The van der Waals surface area contributed by atoms with Crippen LogP contribution in [0.2, 0.25) is 0 Å². The third-order valence-corrected chi connectivity index (χ3v) is 3.37. The second-order valence-corrected chi connectivity index (χ2v) is 5.23. The molecule has 0 aliphatic carbocycles. The van der Waals surface area contributed by atoms with Gasteiger partial charge in [-0.1, -0.05) is 34.4 Å². The summed E-state index contributed by atoms with van der Waals surface area (Å²) in [5.41, 5.74) is 10.4. The SMILES string of the molecule is COC(=O)C(C)(NCCCN=[N+]=[N-])c1cc(C)cc(C)c1. The summed E-state index contributed by atoms with van der Waals surface area (Å²) in [5, 5.41) is 6.70. The molecule has 1 N–H and O–H groups in total. The summed E-state index contributed by atoms with van der Waals surface area (Å²) in [5.74, 6) is -0.337. The minimum atomic E-state index is -0.915. The van der Waals surface area contributed by atoms with Crippen molar-refractivity contribution >= 4 is 5.97 Å². The van der Waals surface area contributed by atoms with Gasteiger partial charge in [0.15, 0.2) is 0 Å². The molecule has 0 fully saturated rings. The molecule has 1 aromatic rings. The van der Waals surface area contributed by atoms with Crippen LogP contribution < -0.4 is 5.32 Å². The van der Waals surface area contributed by atoms with Crippen molar-refractivity contribution in [3.8, 4) is 0 Å². The number of azide groups is 1. The zero-order valence-electron chi connectivity index (χ0n) is 13.0. The summed E-state index contributed by atoms with van der Waals surface area (Å²) in [7, 11) is 1.38. The van der Waals surface area contributed by atoms with Crippen LogP contribution in [0.1, 0.15) is 30.0 Å². The van der Waals surface area contributed by atoms with Gasteiger partial charge < -0.3 is 4.74 Å². The first-order valence-electron chi connectivity index (χ1n) is 6.87. The number of benzene rings is 1. The van der Waals surface area contributed by atoms with E-state index < -0.39 is 5.54 Å². The Morgan fingerprint density at radius 2 is 2.00 bits per heavy atom. The van der Waals surface area contributed by atoms with Gasteiger partial charge in [0.05, 0.1) is 7.11 Å². The van der Waals surface area contributed by atoms with Crippen LogP contribution in [0, 0.1) is 13.8 Å². The third-order valence-electron chi connectivity index (χ3n) is 3.37. The fraction of sp³-hybridized carbons (Fsp3) is 0.533. The van der Waals surface area contributed by atoms with Crippen molar-refractivity contribution < 1.29 is 9.53 Å². The van der Waals surface area contributed by atoms with Crippen molar-refractivity contribution in [3.63, 3.8) is 0 Å². The number of carbonyl (C=O) groups excluding carboxylic acids is 1. The van der Waals surface area contributed by atoms with E-state index in [4.69, 9.17) is 10.3 Å². The van der Waals surface area contributed by atoms with Gasteiger partial charge in [0.2, 0.25) is 0 Å². The summed E-state index contributed by atoms with van der Waals surface area (Å²) in [6, 6.07) is 6.01. The topological polar surface area (TPSA) is 87.1 Å². The molecule has 0 spiro atoms. The van der Waals surface area contributed by atoms with Crippen LogP contribution in [-0.2, 0) is 15.1 Å². The number of hydrogen-bond donors (Lipinski definition) is 1. The number of nitrogens with zero attached hydrogens (tertiary/aromatic N) is 3. The largest absolute Gasteiger partial charge is 0.467 e. The molecular formula is C15H22N4O2. The Kier molecular flexibility index (Phi) is 6.21. The molecule has 0 amide bonds. The number of methoxy groups -OCH3 is 1. The third kappa shape index (κ3) is 4.48. The minimum absolute atomic E-state index is 0.337. The van der Waals surface area contributed by atoms with Crippen molar-refractivity contribution in [2.24, 2.45) is 5.11 Å². The number of ether oxygens (including phenoxy) is 1. The maximum absolute atomic E-state index is 12.2. The summed E-state index contributed by atoms with van der Waals surface area (Å²) in [6.07, 6.45) is 0.654. The number of carbonyl (C=O) groups is 1. The number of nitrogens with one attached hydrogen (secondary N) is 1. The van der Waals surface area contributed by atoms with Crippen molar-refractivity contribution in [3.05, 3.63) is 45.3 Å². The van der Waals surface area contributed by atoms with Crippen molar-refractivity contribution in [2.75, 3.05) is 20.2 Å². The van der Waals surface area contributed by atoms with E-state index >= 15 is 0 Å². The van der Waals surface area contributed by atoms with Gasteiger partial charge in [-0.2, -0.15) is 0 Å². The molecule has 6 heteroatoms. The van der Waals surface area contributed by atoms with Crippen molar-refractivity contribution in [1.29, 1.82) is 0 Å². The lowest BCUT2D eigenvalue weighted by atomic mass is 9.89. The van der Waals surface area contributed by atoms with Gasteiger partial charge in [-0.25, -0.2) is 4.79 Å². The lowest BCUT2D eigenvalue weighted by molar-refractivity contribution is -0.148. The van der Waals surface area contributed by atoms with Crippen LogP contribution in [0.3, 0.4) is 0 Å². The minimum Gasteiger partial charge on any atom is -0.467 e. The highest BCUT2D eigenvalue weighted by Gasteiger charge is 2.35. The molecule has 1 aromatic carbocycles. The molecule has 1 rings (SSSR count). The average molecular weight is 290 g/mol. The lowest BCUT2D eigenvalue weighted by Gasteiger charge is -2.29. The number of esters is 1. The molecule has 1 atom stereocenters. The average Bonchev–Trinajstić information content (AvgIpc) is 2.44. The van der Waals surface area contributed by atoms with Crippen LogP contribution >= 0.6 is 0 Å². The Balaban J connectivity index is 2.97. The second-order valence-electron chi connectivity index (χ2n) is 5.23. The fourth-order valence-electron chi connectivity index (χ4n) is 2.29. The number of hydrogen-bond acceptors (Lipinski definition) is 4. The summed E-state index contributed by atoms with van der Waals surface area (Å²) in [4.78, 5) is 14.9. The summed E-state index contributed by atoms with van der Waals surface area (Å²) >= 11 is 0. The van der Waals surface area contributed by atoms with E-state index in [9.17, 15) is 4.79 Å². The van der Waals surface area contributed by atoms with Crippen LogP contribution in [0.15, 0.2) is 23.3 Å². The maximum Gasteiger partial charge on any atom is 0.330 e. The Labute approximate surface area is 125 Å². The standard InChI is InChI=1S/C15H22N4O2/c1-11-8-12(2)10-13(9-11)15(3,14(20)21-4)17-6-5-7-18-19-16/h8-10,17H,5-7H2,1-4H3. The molecule has 21 heavy (non-hydrogen) atoms. The molecule has 1 unspecified atom stereocenters. The second kappa shape index (κ2) is 7.67. The molecule has 0 aliphatic heterocycles. The highest BCUT2D eigenvalue weighted by atomic mass is 16.5. The molecule has 0 aromatic heterocycles. The lowest BCUT2D eigenvalue weighted by Crippen LogP contribution is -2.48. The maximum atomic E-state index is 12.2. The van der Waals surface area contributed by atoms with Gasteiger partial charge in [-0.15, -0.1) is 0 Å². The van der Waals surface area contributed by atoms with Gasteiger partial charge in [-0.3, -0.25) is 5.32 Å². The first-order chi connectivity index (χ1) is 9.93. The van der Waals surface area contributed by atoms with Crippen LogP contribution in [0.5, 0.6) is 0 Å². The highest BCUT2D eigenvalue weighted by molar-refractivity contribution is 5.82. The first-order valence-corrected chi connectivity index (χ1v) is 6.87. The summed E-state index contributed by atoms with van der Waals surface area (Å²) in [6.45, 7) is 6.75. The Morgan fingerprint density at radius 1 is 1.38 bits per heavy atom. The van der Waals surface area contributed by atoms with Crippen LogP contribution in [0.4, 0.5) is 0 Å². The van der Waals surface area contributed by atoms with E-state index in [1.807, 2.05) is 26.0 Å². The van der Waals surface area contributed by atoms with E-state index in [0.29, 0.717) is 19.5 Å². The highest BCUT2D eigenvalue weighted by Crippen LogP contribution is 2.24. The van der Waals surface area contributed by atoms with E-state index in [0.717, 1.165) is 16.7 Å². The zero-order chi connectivity index (χ0) is 15.9. The Hall–Kier alpha value is -2.04. The number of rotatable bonds is 7. The molecule has 6 nitrogen and oxygen atoms in total. The molecule has 0 heterocycles. The quantitative estimate of drug-likeness (QED) is 0.275. The predicted molar refractivity (Wildman–Crippen MR) is 81.9 cm³/mol. The van der Waals surface area contributed by atoms with E-state index in [1.165, 1.54) is 7.11 Å². The fourth-order valence-corrected chi connectivity index (χ4v) is 2.29. The van der Waals surface area contributed by atoms with Gasteiger partial charge in [0.25, 0.3) is 0 Å². The van der Waals surface area contributed by atoms with Crippen LogP contribution in [0.25, 0.3) is 10.4 Å². The molecule has 0 bridgehead atoms. The zero-order valence-corrected chi connectivity index (χ0v) is 13.0. The predicted octanol–water partition coefficient (Wildman–Crippen LogP) is 2.98. The van der Waals surface area contributed by atoms with Crippen molar-refractivity contribution in [1.82, 2.24) is 5.32 Å². The van der Waals surface area contributed by atoms with Gasteiger partial charge >= 0.3 is 5.97 Å². The Bertz CT molecular complexity index is 532. The molecule has 0 radical (unpaired) electrons. The molecule has 114 valence electrons. The van der Waals surface area contributed by atoms with Crippen molar-refractivity contribution in [2.45, 2.75) is 32.7 Å². The monoisotopic (exact) mass is 290 g/mol. The molecule has 0 saturated heterocycles.